The summed E-state index contributed by atoms with van der Waals surface area (Å²) in [5.41, 5.74) is 5.21. The van der Waals surface area contributed by atoms with Crippen LogP contribution < -0.4 is 4.31 Å². The van der Waals surface area contributed by atoms with Crippen LogP contribution in [0.3, 0.4) is 0 Å². The van der Waals surface area contributed by atoms with Gasteiger partial charge >= 0.3 is 0 Å². The summed E-state index contributed by atoms with van der Waals surface area (Å²) in [4.78, 5) is 0.326. The van der Waals surface area contributed by atoms with E-state index in [9.17, 15) is 8.42 Å². The second-order valence-electron chi connectivity index (χ2n) is 9.87. The highest BCUT2D eigenvalue weighted by Crippen LogP contribution is 2.51. The third-order valence-corrected chi connectivity index (χ3v) is 9.36. The molecule has 4 nitrogen and oxygen atoms in total. The molecule has 1 fully saturated rings. The predicted molar refractivity (Wildman–Crippen MR) is 140 cm³/mol. The van der Waals surface area contributed by atoms with Crippen LogP contribution in [-0.4, -0.2) is 21.6 Å². The number of sulfonamides is 1. The van der Waals surface area contributed by atoms with Gasteiger partial charge in [0.2, 0.25) is 0 Å². The van der Waals surface area contributed by atoms with E-state index in [0.29, 0.717) is 18.0 Å². The molecule has 0 aliphatic carbocycles. The first-order chi connectivity index (χ1) is 16.9. The number of rotatable bonds is 3. The standard InChI is InChI=1S/C30H29NO3S/c1-20-7-12-25(13-8-20)35(32,33)31-19-28-26(27-17-21(2)9-14-29(27)31)15-16-34-30(28)24-11-10-22-5-3-4-6-23(22)18-24/h3-14,17-18,26,28,30H,15-16,19H2,1-2H3/t26-,28-,30+/m0/s1. The van der Waals surface area contributed by atoms with Crippen molar-refractivity contribution in [3.63, 3.8) is 0 Å². The average Bonchev–Trinajstić information content (AvgIpc) is 2.87. The quantitative estimate of drug-likeness (QED) is 0.333. The molecule has 2 heterocycles. The van der Waals surface area contributed by atoms with E-state index in [1.807, 2.05) is 43.3 Å². The van der Waals surface area contributed by atoms with Gasteiger partial charge in [0.15, 0.2) is 0 Å². The van der Waals surface area contributed by atoms with Crippen LogP contribution in [0, 0.1) is 19.8 Å². The molecule has 0 bridgehead atoms. The fraction of sp³-hybridized carbons (Fsp3) is 0.267. The van der Waals surface area contributed by atoms with Crippen molar-refractivity contribution in [1.29, 1.82) is 0 Å². The van der Waals surface area contributed by atoms with E-state index in [4.69, 9.17) is 4.74 Å². The van der Waals surface area contributed by atoms with Gasteiger partial charge in [-0.05, 0) is 72.4 Å². The lowest BCUT2D eigenvalue weighted by Gasteiger charge is -2.46. The van der Waals surface area contributed by atoms with E-state index in [1.165, 1.54) is 10.8 Å². The van der Waals surface area contributed by atoms with Gasteiger partial charge in [-0.2, -0.15) is 0 Å². The lowest BCUT2D eigenvalue weighted by molar-refractivity contribution is -0.0383. The minimum absolute atomic E-state index is 0.0273. The van der Waals surface area contributed by atoms with Crippen molar-refractivity contribution in [2.24, 2.45) is 5.92 Å². The number of benzene rings is 4. The van der Waals surface area contributed by atoms with Crippen molar-refractivity contribution in [3.8, 4) is 0 Å². The van der Waals surface area contributed by atoms with Gasteiger partial charge in [0, 0.05) is 19.1 Å². The lowest BCUT2D eigenvalue weighted by Crippen LogP contribution is -2.46. The van der Waals surface area contributed by atoms with Gasteiger partial charge in [0.1, 0.15) is 0 Å². The molecule has 0 amide bonds. The van der Waals surface area contributed by atoms with Gasteiger partial charge in [0.05, 0.1) is 16.7 Å². The molecule has 6 rings (SSSR count). The molecule has 2 aliphatic rings. The molecule has 0 aromatic heterocycles. The molecule has 1 saturated heterocycles. The minimum atomic E-state index is -3.72. The summed E-state index contributed by atoms with van der Waals surface area (Å²) in [5, 5.41) is 2.36. The Morgan fingerprint density at radius 1 is 0.829 bits per heavy atom. The van der Waals surface area contributed by atoms with E-state index >= 15 is 0 Å². The number of hydrogen-bond acceptors (Lipinski definition) is 3. The van der Waals surface area contributed by atoms with Crippen molar-refractivity contribution in [2.45, 2.75) is 37.2 Å². The van der Waals surface area contributed by atoms with Crippen LogP contribution in [0.2, 0.25) is 0 Å². The zero-order valence-corrected chi connectivity index (χ0v) is 20.8. The number of nitrogens with zero attached hydrogens (tertiary/aromatic N) is 1. The molecule has 2 aliphatic heterocycles. The van der Waals surface area contributed by atoms with Crippen molar-refractivity contribution in [2.75, 3.05) is 17.5 Å². The molecule has 35 heavy (non-hydrogen) atoms. The van der Waals surface area contributed by atoms with Crippen LogP contribution in [0.25, 0.3) is 10.8 Å². The predicted octanol–water partition coefficient (Wildman–Crippen LogP) is 6.53. The maximum absolute atomic E-state index is 13.9. The average molecular weight is 484 g/mol. The molecule has 0 unspecified atom stereocenters. The molecule has 178 valence electrons. The molecule has 3 atom stereocenters. The Kier molecular flexibility index (Phi) is 5.42. The fourth-order valence-electron chi connectivity index (χ4n) is 5.76. The van der Waals surface area contributed by atoms with E-state index in [-0.39, 0.29) is 17.9 Å². The number of aryl methyl sites for hydroxylation is 2. The monoisotopic (exact) mass is 483 g/mol. The first-order valence-corrected chi connectivity index (χ1v) is 13.7. The van der Waals surface area contributed by atoms with Crippen molar-refractivity contribution in [1.82, 2.24) is 0 Å². The van der Waals surface area contributed by atoms with Crippen LogP contribution in [0.4, 0.5) is 5.69 Å². The lowest BCUT2D eigenvalue weighted by atomic mass is 9.73. The van der Waals surface area contributed by atoms with E-state index < -0.39 is 10.0 Å². The Hall–Kier alpha value is -3.15. The fourth-order valence-corrected chi connectivity index (χ4v) is 7.29. The Labute approximate surface area is 207 Å². The Morgan fingerprint density at radius 2 is 1.57 bits per heavy atom. The van der Waals surface area contributed by atoms with E-state index in [1.54, 1.807) is 16.4 Å². The second kappa shape index (κ2) is 8.51. The normalized spacial score (nSPS) is 22.0. The molecule has 0 spiro atoms. The van der Waals surface area contributed by atoms with Crippen LogP contribution in [0.1, 0.15) is 40.7 Å². The minimum Gasteiger partial charge on any atom is -0.373 e. The van der Waals surface area contributed by atoms with E-state index in [0.717, 1.165) is 34.4 Å². The topological polar surface area (TPSA) is 46.6 Å². The molecule has 0 saturated carbocycles. The number of fused-ring (bicyclic) bond motifs is 4. The SMILES string of the molecule is Cc1ccc(S(=O)(=O)N2C[C@@H]3[C@@H](c4ccc5ccccc5c4)OCC[C@H]3c3cc(C)ccc32)cc1. The van der Waals surface area contributed by atoms with Crippen LogP contribution >= 0.6 is 0 Å². The van der Waals surface area contributed by atoms with Crippen LogP contribution in [-0.2, 0) is 14.8 Å². The summed E-state index contributed by atoms with van der Waals surface area (Å²) < 4.78 is 35.9. The molecule has 4 aromatic rings. The highest BCUT2D eigenvalue weighted by Gasteiger charge is 2.45. The maximum atomic E-state index is 13.9. The zero-order chi connectivity index (χ0) is 24.2. The summed E-state index contributed by atoms with van der Waals surface area (Å²) in [6, 6.07) is 28.1. The smallest absolute Gasteiger partial charge is 0.264 e. The number of anilines is 1. The summed E-state index contributed by atoms with van der Waals surface area (Å²) in [6.07, 6.45) is 0.728. The number of ether oxygens (including phenoxy) is 1. The maximum Gasteiger partial charge on any atom is 0.264 e. The molecule has 5 heteroatoms. The van der Waals surface area contributed by atoms with Gasteiger partial charge in [0.25, 0.3) is 10.0 Å². The van der Waals surface area contributed by atoms with Crippen molar-refractivity contribution in [3.05, 3.63) is 107 Å². The highest BCUT2D eigenvalue weighted by atomic mass is 32.2. The van der Waals surface area contributed by atoms with E-state index in [2.05, 4.69) is 43.3 Å². The van der Waals surface area contributed by atoms with Crippen LogP contribution in [0.15, 0.2) is 89.8 Å². The van der Waals surface area contributed by atoms with Gasteiger partial charge in [-0.25, -0.2) is 8.42 Å². The van der Waals surface area contributed by atoms with Crippen molar-refractivity contribution >= 4 is 26.5 Å². The van der Waals surface area contributed by atoms with Crippen molar-refractivity contribution < 1.29 is 13.2 Å². The Morgan fingerprint density at radius 3 is 2.37 bits per heavy atom. The summed E-state index contributed by atoms with van der Waals surface area (Å²) >= 11 is 0. The summed E-state index contributed by atoms with van der Waals surface area (Å²) in [5.74, 6) is 0.277. The van der Waals surface area contributed by atoms with Gasteiger partial charge in [-0.1, -0.05) is 71.8 Å². The summed E-state index contributed by atoms with van der Waals surface area (Å²) in [6.45, 7) is 5.10. The molecule has 4 aromatic carbocycles. The number of hydrogen-bond donors (Lipinski definition) is 0. The molecular weight excluding hydrogens is 454 g/mol. The molecular formula is C30H29NO3S. The third kappa shape index (κ3) is 3.83. The zero-order valence-electron chi connectivity index (χ0n) is 20.0. The molecule has 0 N–H and O–H groups in total. The van der Waals surface area contributed by atoms with Gasteiger partial charge in [-0.15, -0.1) is 0 Å². The first kappa shape index (κ1) is 22.3. The summed E-state index contributed by atoms with van der Waals surface area (Å²) in [7, 11) is -3.72. The van der Waals surface area contributed by atoms with Crippen LogP contribution in [0.5, 0.6) is 0 Å². The van der Waals surface area contributed by atoms with Gasteiger partial charge in [-0.3, -0.25) is 4.31 Å². The first-order valence-electron chi connectivity index (χ1n) is 12.2. The Balaban J connectivity index is 1.47. The Bertz CT molecular complexity index is 1510. The second-order valence-corrected chi connectivity index (χ2v) is 11.7. The largest absolute Gasteiger partial charge is 0.373 e. The highest BCUT2D eigenvalue weighted by molar-refractivity contribution is 7.92. The third-order valence-electron chi connectivity index (χ3n) is 7.57. The molecule has 0 radical (unpaired) electrons. The van der Waals surface area contributed by atoms with Gasteiger partial charge < -0.3 is 4.74 Å².